The summed E-state index contributed by atoms with van der Waals surface area (Å²) in [7, 11) is 0. The highest BCUT2D eigenvalue weighted by atomic mass is 19.1. The molecule has 4 N–H and O–H groups in total. The van der Waals surface area contributed by atoms with Crippen molar-refractivity contribution in [3.05, 3.63) is 65.7 Å². The Morgan fingerprint density at radius 3 is 2.57 bits per heavy atom. The van der Waals surface area contributed by atoms with Gasteiger partial charge < -0.3 is 15.9 Å². The van der Waals surface area contributed by atoms with Crippen molar-refractivity contribution >= 4 is 23.0 Å². The highest BCUT2D eigenvalue weighted by molar-refractivity contribution is 5.90. The van der Waals surface area contributed by atoms with Crippen LogP contribution in [0.4, 0.5) is 10.2 Å². The molecule has 0 radical (unpaired) electrons. The molecule has 1 aliphatic carbocycles. The van der Waals surface area contributed by atoms with Crippen LogP contribution in [0.3, 0.4) is 0 Å². The number of carboxylic acids is 1. The molecule has 2 aromatic carbocycles. The second-order valence-corrected chi connectivity index (χ2v) is 8.58. The van der Waals surface area contributed by atoms with Gasteiger partial charge in [-0.25, -0.2) is 24.1 Å². The van der Waals surface area contributed by atoms with E-state index in [0.717, 1.165) is 19.3 Å². The van der Waals surface area contributed by atoms with Crippen molar-refractivity contribution in [1.82, 2.24) is 19.5 Å². The fraction of sp³-hybridized carbons (Fsp3) is 0.231. The van der Waals surface area contributed by atoms with Crippen LogP contribution in [0.1, 0.15) is 48.3 Å². The summed E-state index contributed by atoms with van der Waals surface area (Å²) in [5, 5.41) is 20.2. The molecule has 1 fully saturated rings. The van der Waals surface area contributed by atoms with Gasteiger partial charge in [0.1, 0.15) is 17.2 Å². The Balaban J connectivity index is 1.73. The van der Waals surface area contributed by atoms with Crippen LogP contribution >= 0.6 is 0 Å². The van der Waals surface area contributed by atoms with Gasteiger partial charge in [-0.05, 0) is 61.9 Å². The van der Waals surface area contributed by atoms with Crippen LogP contribution in [0, 0.1) is 17.7 Å². The first-order valence-corrected chi connectivity index (χ1v) is 11.2. The first-order valence-electron chi connectivity index (χ1n) is 11.2. The number of aromatic nitrogens is 4. The van der Waals surface area contributed by atoms with Crippen LogP contribution in [0.15, 0.2) is 48.5 Å². The molecule has 2 heterocycles. The number of fused-ring (bicyclic) bond motifs is 1. The summed E-state index contributed by atoms with van der Waals surface area (Å²) in [5.74, 6) is 4.71. The summed E-state index contributed by atoms with van der Waals surface area (Å²) in [5.41, 5.74) is 6.66. The lowest BCUT2D eigenvalue weighted by Crippen LogP contribution is -2.29. The number of anilines is 1. The Kier molecular flexibility index (Phi) is 5.67. The van der Waals surface area contributed by atoms with Gasteiger partial charge in [-0.3, -0.25) is 4.57 Å². The van der Waals surface area contributed by atoms with E-state index in [0.29, 0.717) is 35.6 Å². The number of benzene rings is 2. The standard InChI is InChI=1S/C26H22FN5O3/c27-18-8-4-6-16(14-18)23-31-21-22(28)29-20(10-13-26(35)11-2-1-3-12-26)30-24(21)32(23)19-9-5-7-17(15-19)25(33)34/h4-9,14-15,35H,1-3,11-12H2,(H,33,34)(H2,28,29,30). The molecule has 4 aromatic rings. The third-order valence-corrected chi connectivity index (χ3v) is 6.06. The fourth-order valence-electron chi connectivity index (χ4n) is 4.31. The Hall–Kier alpha value is -4.29. The van der Waals surface area contributed by atoms with Gasteiger partial charge in [0.05, 0.1) is 11.3 Å². The Morgan fingerprint density at radius 1 is 1.06 bits per heavy atom. The van der Waals surface area contributed by atoms with Gasteiger partial charge in [0.15, 0.2) is 17.0 Å². The molecule has 1 aliphatic rings. The van der Waals surface area contributed by atoms with E-state index in [2.05, 4.69) is 26.8 Å². The van der Waals surface area contributed by atoms with Gasteiger partial charge in [0.2, 0.25) is 5.82 Å². The molecular weight excluding hydrogens is 449 g/mol. The second kappa shape index (κ2) is 8.81. The third kappa shape index (κ3) is 4.44. The zero-order valence-corrected chi connectivity index (χ0v) is 18.7. The van der Waals surface area contributed by atoms with Gasteiger partial charge >= 0.3 is 5.97 Å². The number of carbonyl (C=O) groups is 1. The largest absolute Gasteiger partial charge is 0.478 e. The number of imidazole rings is 1. The van der Waals surface area contributed by atoms with Crippen LogP contribution in [-0.2, 0) is 0 Å². The number of aliphatic hydroxyl groups is 1. The van der Waals surface area contributed by atoms with Crippen molar-refractivity contribution in [2.45, 2.75) is 37.7 Å². The Morgan fingerprint density at radius 2 is 1.83 bits per heavy atom. The van der Waals surface area contributed by atoms with E-state index >= 15 is 0 Å². The lowest BCUT2D eigenvalue weighted by Gasteiger charge is -2.26. The highest BCUT2D eigenvalue weighted by Gasteiger charge is 2.27. The average molecular weight is 471 g/mol. The van der Waals surface area contributed by atoms with Gasteiger partial charge in [0, 0.05) is 5.56 Å². The van der Waals surface area contributed by atoms with Gasteiger partial charge in [-0.1, -0.05) is 30.5 Å². The van der Waals surface area contributed by atoms with Crippen LogP contribution in [0.25, 0.3) is 28.2 Å². The van der Waals surface area contributed by atoms with E-state index in [4.69, 9.17) is 5.73 Å². The van der Waals surface area contributed by atoms with E-state index in [9.17, 15) is 19.4 Å². The zero-order valence-electron chi connectivity index (χ0n) is 18.7. The van der Waals surface area contributed by atoms with Gasteiger partial charge in [-0.15, -0.1) is 0 Å². The molecule has 8 nitrogen and oxygen atoms in total. The number of nitrogen functional groups attached to an aromatic ring is 1. The Bertz CT molecular complexity index is 1510. The predicted molar refractivity (Wildman–Crippen MR) is 128 cm³/mol. The smallest absolute Gasteiger partial charge is 0.335 e. The van der Waals surface area contributed by atoms with E-state index in [1.807, 2.05) is 0 Å². The van der Waals surface area contributed by atoms with Crippen molar-refractivity contribution in [2.24, 2.45) is 0 Å². The molecule has 35 heavy (non-hydrogen) atoms. The average Bonchev–Trinajstić information content (AvgIpc) is 3.24. The molecule has 0 atom stereocenters. The molecular formula is C26H22FN5O3. The number of nitrogens with zero attached hydrogens (tertiary/aromatic N) is 4. The van der Waals surface area contributed by atoms with Crippen molar-refractivity contribution in [3.63, 3.8) is 0 Å². The van der Waals surface area contributed by atoms with E-state index in [1.54, 1.807) is 28.8 Å². The molecule has 5 rings (SSSR count). The maximum atomic E-state index is 14.1. The van der Waals surface area contributed by atoms with Crippen molar-refractivity contribution in [2.75, 3.05) is 5.73 Å². The summed E-state index contributed by atoms with van der Waals surface area (Å²) in [6.07, 6.45) is 4.04. The van der Waals surface area contributed by atoms with Gasteiger partial charge in [-0.2, -0.15) is 0 Å². The zero-order chi connectivity index (χ0) is 24.6. The molecule has 0 unspecified atom stereocenters. The minimum absolute atomic E-state index is 0.0658. The normalized spacial score (nSPS) is 14.9. The number of hydrogen-bond acceptors (Lipinski definition) is 6. The van der Waals surface area contributed by atoms with Crippen LogP contribution in [-0.4, -0.2) is 41.3 Å². The topological polar surface area (TPSA) is 127 Å². The molecule has 2 aromatic heterocycles. The van der Waals surface area contributed by atoms with Crippen LogP contribution in [0.5, 0.6) is 0 Å². The van der Waals surface area contributed by atoms with E-state index in [-0.39, 0.29) is 22.7 Å². The predicted octanol–water partition coefficient (Wildman–Crippen LogP) is 3.95. The molecule has 0 aliphatic heterocycles. The number of rotatable bonds is 3. The first kappa shape index (κ1) is 22.5. The Labute approximate surface area is 200 Å². The molecule has 9 heteroatoms. The molecule has 1 saturated carbocycles. The molecule has 0 spiro atoms. The lowest BCUT2D eigenvalue weighted by molar-refractivity contribution is 0.0609. The van der Waals surface area contributed by atoms with Crippen molar-refractivity contribution in [1.29, 1.82) is 0 Å². The number of aromatic carboxylic acids is 1. The van der Waals surface area contributed by atoms with Crippen molar-refractivity contribution < 1.29 is 19.4 Å². The van der Waals surface area contributed by atoms with Gasteiger partial charge in [0.25, 0.3) is 0 Å². The minimum atomic E-state index is -1.09. The van der Waals surface area contributed by atoms with Crippen molar-refractivity contribution in [3.8, 4) is 28.9 Å². The summed E-state index contributed by atoms with van der Waals surface area (Å²) >= 11 is 0. The summed E-state index contributed by atoms with van der Waals surface area (Å²) < 4.78 is 15.7. The van der Waals surface area contributed by atoms with Crippen LogP contribution in [0.2, 0.25) is 0 Å². The first-order chi connectivity index (χ1) is 16.8. The highest BCUT2D eigenvalue weighted by Crippen LogP contribution is 2.31. The lowest BCUT2D eigenvalue weighted by atomic mass is 9.85. The van der Waals surface area contributed by atoms with E-state index in [1.165, 1.54) is 24.3 Å². The molecule has 176 valence electrons. The SMILES string of the molecule is Nc1nc(C#CC2(O)CCCCC2)nc2c1nc(-c1cccc(F)c1)n2-c1cccc(C(=O)O)c1. The maximum absolute atomic E-state index is 14.1. The second-order valence-electron chi connectivity index (χ2n) is 8.58. The minimum Gasteiger partial charge on any atom is -0.478 e. The van der Waals surface area contributed by atoms with Crippen LogP contribution < -0.4 is 5.73 Å². The molecule has 0 amide bonds. The third-order valence-electron chi connectivity index (χ3n) is 6.06. The number of hydrogen-bond donors (Lipinski definition) is 3. The van der Waals surface area contributed by atoms with E-state index < -0.39 is 17.4 Å². The number of halogens is 1. The quantitative estimate of drug-likeness (QED) is 0.386. The number of nitrogens with two attached hydrogens (primary N) is 1. The summed E-state index contributed by atoms with van der Waals surface area (Å²) in [6.45, 7) is 0. The number of carboxylic acid groups (broad SMARTS) is 1. The molecule has 0 bridgehead atoms. The maximum Gasteiger partial charge on any atom is 0.335 e. The monoisotopic (exact) mass is 471 g/mol. The summed E-state index contributed by atoms with van der Waals surface area (Å²) in [6, 6.07) is 12.1. The molecule has 0 saturated heterocycles. The summed E-state index contributed by atoms with van der Waals surface area (Å²) in [4.78, 5) is 25.0. The fourth-order valence-corrected chi connectivity index (χ4v) is 4.31.